The van der Waals surface area contributed by atoms with Gasteiger partial charge in [0.2, 0.25) is 0 Å². The topological polar surface area (TPSA) is 118 Å². The minimum Gasteiger partial charge on any atom is -0.481 e. The summed E-state index contributed by atoms with van der Waals surface area (Å²) in [4.78, 5) is 22.3. The van der Waals surface area contributed by atoms with E-state index >= 15 is 0 Å². The monoisotopic (exact) mass is 478 g/mol. The molecule has 190 valence electrons. The Morgan fingerprint density at radius 3 is 1.34 bits per heavy atom. The van der Waals surface area contributed by atoms with Crippen molar-refractivity contribution in [2.24, 2.45) is 0 Å². The Morgan fingerprint density at radius 1 is 0.688 bits per heavy atom. The molecule has 7 nitrogen and oxygen atoms in total. The third-order valence-corrected chi connectivity index (χ3v) is 6.80. The molecule has 0 unspecified atom stereocenters. The van der Waals surface area contributed by atoms with Crippen molar-refractivity contribution in [1.82, 2.24) is 0 Å². The lowest BCUT2D eigenvalue weighted by Crippen LogP contribution is -2.34. The van der Waals surface area contributed by atoms with Gasteiger partial charge in [-0.25, -0.2) is 0 Å². The fraction of sp³-hybridized carbons (Fsp3) is 0.917. The van der Waals surface area contributed by atoms with Crippen molar-refractivity contribution in [3.8, 4) is 0 Å². The van der Waals surface area contributed by atoms with Crippen molar-refractivity contribution >= 4 is 22.1 Å². The van der Waals surface area contributed by atoms with E-state index in [1.807, 2.05) is 0 Å². The van der Waals surface area contributed by atoms with Crippen LogP contribution in [0.5, 0.6) is 0 Å². The van der Waals surface area contributed by atoms with E-state index in [9.17, 15) is 18.0 Å². The van der Waals surface area contributed by atoms with Crippen molar-refractivity contribution in [2.45, 2.75) is 134 Å². The maximum atomic E-state index is 11.7. The molecule has 8 heteroatoms. The molecule has 0 bridgehead atoms. The third-order valence-electron chi connectivity index (χ3n) is 5.72. The SMILES string of the molecule is CCCCCCCCCCCCCCCCCCCCOC(=O)[C@H](CC(=O)O)S(=O)(=O)O. The van der Waals surface area contributed by atoms with E-state index in [4.69, 9.17) is 14.4 Å². The van der Waals surface area contributed by atoms with Crippen LogP contribution in [0.1, 0.15) is 129 Å². The quantitative estimate of drug-likeness (QED) is 0.100. The Hall–Kier alpha value is -1.15. The fourth-order valence-corrected chi connectivity index (χ4v) is 4.40. The first-order valence-electron chi connectivity index (χ1n) is 12.6. The number of carbonyl (C=O) groups is 2. The second-order valence-electron chi connectivity index (χ2n) is 8.78. The van der Waals surface area contributed by atoms with E-state index in [1.54, 1.807) is 0 Å². The average molecular weight is 479 g/mol. The smallest absolute Gasteiger partial charge is 0.327 e. The second kappa shape index (κ2) is 20.5. The zero-order valence-corrected chi connectivity index (χ0v) is 20.9. The summed E-state index contributed by atoms with van der Waals surface area (Å²) in [5, 5.41) is 6.59. The highest BCUT2D eigenvalue weighted by molar-refractivity contribution is 7.87. The maximum absolute atomic E-state index is 11.7. The van der Waals surface area contributed by atoms with Crippen LogP contribution in [0, 0.1) is 0 Å². The maximum Gasteiger partial charge on any atom is 0.327 e. The van der Waals surface area contributed by atoms with Gasteiger partial charge in [0, 0.05) is 0 Å². The number of carboxylic acids is 1. The molecule has 0 saturated carbocycles. The number of carbonyl (C=O) groups excluding carboxylic acids is 1. The predicted octanol–water partition coefficient (Wildman–Crippen LogP) is 6.30. The van der Waals surface area contributed by atoms with Gasteiger partial charge >= 0.3 is 11.9 Å². The Kier molecular flexibility index (Phi) is 19.7. The molecule has 0 aromatic carbocycles. The number of aliphatic carboxylic acids is 1. The summed E-state index contributed by atoms with van der Waals surface area (Å²) in [5.41, 5.74) is 0. The van der Waals surface area contributed by atoms with Crippen LogP contribution in [0.15, 0.2) is 0 Å². The van der Waals surface area contributed by atoms with Gasteiger partial charge < -0.3 is 9.84 Å². The van der Waals surface area contributed by atoms with Gasteiger partial charge in [-0.1, -0.05) is 116 Å². The molecule has 0 radical (unpaired) electrons. The molecule has 0 aliphatic heterocycles. The lowest BCUT2D eigenvalue weighted by Gasteiger charge is -2.11. The van der Waals surface area contributed by atoms with Gasteiger partial charge in [0.05, 0.1) is 13.0 Å². The first-order chi connectivity index (χ1) is 15.3. The van der Waals surface area contributed by atoms with Gasteiger partial charge in [0.25, 0.3) is 10.1 Å². The largest absolute Gasteiger partial charge is 0.481 e. The molecule has 0 aliphatic carbocycles. The van der Waals surface area contributed by atoms with E-state index in [2.05, 4.69) is 6.92 Å². The van der Waals surface area contributed by atoms with Crippen LogP contribution in [0.2, 0.25) is 0 Å². The lowest BCUT2D eigenvalue weighted by molar-refractivity contribution is -0.147. The lowest BCUT2D eigenvalue weighted by atomic mass is 10.0. The van der Waals surface area contributed by atoms with Crippen molar-refractivity contribution in [3.05, 3.63) is 0 Å². The normalized spacial score (nSPS) is 12.6. The molecule has 0 aliphatic rings. The minimum absolute atomic E-state index is 0.0310. The van der Waals surface area contributed by atoms with Crippen molar-refractivity contribution in [1.29, 1.82) is 0 Å². The Balaban J connectivity index is 3.44. The molecule has 0 aromatic heterocycles. The summed E-state index contributed by atoms with van der Waals surface area (Å²) < 4.78 is 36.0. The van der Waals surface area contributed by atoms with E-state index < -0.39 is 33.7 Å². The highest BCUT2D eigenvalue weighted by atomic mass is 32.2. The summed E-state index contributed by atoms with van der Waals surface area (Å²) in [6.45, 7) is 2.29. The van der Waals surface area contributed by atoms with Crippen LogP contribution in [-0.4, -0.2) is 41.9 Å². The summed E-state index contributed by atoms with van der Waals surface area (Å²) in [7, 11) is -4.79. The van der Waals surface area contributed by atoms with E-state index in [0.717, 1.165) is 19.3 Å². The minimum atomic E-state index is -4.79. The molecular formula is C24H46O7S. The summed E-state index contributed by atoms with van der Waals surface area (Å²) >= 11 is 0. The highest BCUT2D eigenvalue weighted by Crippen LogP contribution is 2.14. The number of esters is 1. The molecule has 1 atom stereocenters. The van der Waals surface area contributed by atoms with Gasteiger partial charge in [-0.15, -0.1) is 0 Å². The van der Waals surface area contributed by atoms with Crippen LogP contribution in [0.4, 0.5) is 0 Å². The Labute approximate surface area is 195 Å². The van der Waals surface area contributed by atoms with Crippen LogP contribution in [-0.2, 0) is 24.4 Å². The number of hydrogen-bond donors (Lipinski definition) is 2. The highest BCUT2D eigenvalue weighted by Gasteiger charge is 2.34. The molecule has 0 heterocycles. The third kappa shape index (κ3) is 19.5. The van der Waals surface area contributed by atoms with Crippen LogP contribution in [0.3, 0.4) is 0 Å². The summed E-state index contributed by atoms with van der Waals surface area (Å²) in [6.07, 6.45) is 21.4. The van der Waals surface area contributed by atoms with E-state index in [1.165, 1.54) is 89.9 Å². The summed E-state index contributed by atoms with van der Waals surface area (Å²) in [6, 6.07) is 0. The van der Waals surface area contributed by atoms with Gasteiger partial charge in [-0.2, -0.15) is 8.42 Å². The van der Waals surface area contributed by atoms with Crippen molar-refractivity contribution < 1.29 is 32.4 Å². The van der Waals surface area contributed by atoms with E-state index in [0.29, 0.717) is 6.42 Å². The summed E-state index contributed by atoms with van der Waals surface area (Å²) in [5.74, 6) is -2.69. The standard InChI is InChI=1S/C24H46O7S/c1-2-3-4-5-6-7-8-9-10-11-12-13-14-15-16-17-18-19-20-31-24(27)22(21-23(25)26)32(28,29)30/h22H,2-21H2,1H3,(H,25,26)(H,28,29,30)/t22-/m0/s1. The molecule has 0 amide bonds. The van der Waals surface area contributed by atoms with Gasteiger partial charge in [-0.3, -0.25) is 14.1 Å². The molecule has 0 saturated heterocycles. The van der Waals surface area contributed by atoms with Gasteiger partial charge in [-0.05, 0) is 6.42 Å². The number of carboxylic acid groups (broad SMARTS) is 1. The number of unbranched alkanes of at least 4 members (excludes halogenated alkanes) is 17. The predicted molar refractivity (Wildman–Crippen MR) is 127 cm³/mol. The van der Waals surface area contributed by atoms with Crippen LogP contribution in [0.25, 0.3) is 0 Å². The fourth-order valence-electron chi connectivity index (χ4n) is 3.74. The van der Waals surface area contributed by atoms with Gasteiger partial charge in [0.1, 0.15) is 0 Å². The van der Waals surface area contributed by atoms with Crippen LogP contribution < -0.4 is 0 Å². The Morgan fingerprint density at radius 2 is 1.03 bits per heavy atom. The molecule has 0 aromatic rings. The Bertz CT molecular complexity index is 575. The number of hydrogen-bond acceptors (Lipinski definition) is 5. The average Bonchev–Trinajstić information content (AvgIpc) is 2.72. The number of ether oxygens (including phenoxy) is 1. The number of rotatable bonds is 23. The van der Waals surface area contributed by atoms with E-state index in [-0.39, 0.29) is 6.61 Å². The molecule has 0 spiro atoms. The first-order valence-corrected chi connectivity index (χ1v) is 14.1. The first kappa shape index (κ1) is 30.9. The zero-order chi connectivity index (χ0) is 24.1. The molecular weight excluding hydrogens is 432 g/mol. The van der Waals surface area contributed by atoms with Crippen molar-refractivity contribution in [2.75, 3.05) is 6.61 Å². The molecule has 0 rings (SSSR count). The molecule has 2 N–H and O–H groups in total. The van der Waals surface area contributed by atoms with Crippen molar-refractivity contribution in [3.63, 3.8) is 0 Å². The molecule has 0 fully saturated rings. The van der Waals surface area contributed by atoms with Gasteiger partial charge in [0.15, 0.2) is 5.25 Å². The van der Waals surface area contributed by atoms with Crippen LogP contribution >= 0.6 is 0 Å². The molecule has 32 heavy (non-hydrogen) atoms. The second-order valence-corrected chi connectivity index (χ2v) is 10.4. The zero-order valence-electron chi connectivity index (χ0n) is 20.1.